The number of carbonyl (C=O) groups is 5. The molecule has 0 spiro atoms. The minimum Gasteiger partial charge on any atom is -0.468 e. The van der Waals surface area contributed by atoms with Gasteiger partial charge in [0.1, 0.15) is 6.04 Å². The lowest BCUT2D eigenvalue weighted by Crippen LogP contribution is -2.47. The molecule has 3 atom stereocenters. The highest BCUT2D eigenvalue weighted by molar-refractivity contribution is 5.88. The fraction of sp³-hybridized carbons (Fsp3) is 0.918. The van der Waals surface area contributed by atoms with Crippen LogP contribution in [-0.4, -0.2) is 63.0 Å². The van der Waals surface area contributed by atoms with Crippen LogP contribution in [0.4, 0.5) is 0 Å². The third-order valence-corrected chi connectivity index (χ3v) is 12.6. The van der Waals surface area contributed by atoms with E-state index in [2.05, 4.69) is 67.0 Å². The Morgan fingerprint density at radius 3 is 1.10 bits per heavy atom. The van der Waals surface area contributed by atoms with Crippen molar-refractivity contribution in [2.45, 2.75) is 320 Å². The van der Waals surface area contributed by atoms with Gasteiger partial charge >= 0.3 is 0 Å². The molecular formula is C61H125N3O7. The number of hydrogen-bond donors (Lipinski definition) is 3. The van der Waals surface area contributed by atoms with E-state index in [0.29, 0.717) is 51.6 Å². The lowest BCUT2D eigenvalue weighted by Gasteiger charge is -2.19. The number of hydrogen-bond acceptors (Lipinski definition) is 7. The van der Waals surface area contributed by atoms with Crippen LogP contribution in [0.25, 0.3) is 0 Å². The zero-order valence-electron chi connectivity index (χ0n) is 49.6. The van der Waals surface area contributed by atoms with E-state index in [0.717, 1.165) is 69.6 Å². The maximum Gasteiger partial charge on any atom is 0.293 e. The Hall–Kier alpha value is -2.65. The van der Waals surface area contributed by atoms with Gasteiger partial charge in [-0.05, 0) is 69.1 Å². The van der Waals surface area contributed by atoms with Gasteiger partial charge in [-0.3, -0.25) is 24.0 Å². The normalized spacial score (nSPS) is 11.6. The third-order valence-electron chi connectivity index (χ3n) is 12.6. The molecule has 0 rings (SSSR count). The van der Waals surface area contributed by atoms with Gasteiger partial charge in [0.25, 0.3) is 12.9 Å². The number of ether oxygens (including phenoxy) is 2. The number of nitrogens with one attached hydrogen (secondary N) is 3. The second-order valence-electron chi connectivity index (χ2n) is 20.0. The summed E-state index contributed by atoms with van der Waals surface area (Å²) in [4.78, 5) is 57.3. The molecule has 3 unspecified atom stereocenters. The lowest BCUT2D eigenvalue weighted by molar-refractivity contribution is -0.130. The van der Waals surface area contributed by atoms with Gasteiger partial charge in [-0.15, -0.1) is 0 Å². The summed E-state index contributed by atoms with van der Waals surface area (Å²) < 4.78 is 9.28. The minimum atomic E-state index is -0.751. The quantitative estimate of drug-likeness (QED) is 0.0407. The van der Waals surface area contributed by atoms with Gasteiger partial charge in [-0.2, -0.15) is 0 Å². The first-order valence-electron chi connectivity index (χ1n) is 30.5. The number of rotatable bonds is 48. The van der Waals surface area contributed by atoms with Crippen LogP contribution < -0.4 is 16.0 Å². The van der Waals surface area contributed by atoms with E-state index < -0.39 is 6.04 Å². The summed E-state index contributed by atoms with van der Waals surface area (Å²) in [6.45, 7) is 28.8. The van der Waals surface area contributed by atoms with Crippen molar-refractivity contribution in [3.8, 4) is 0 Å². The standard InChI is InChI=1S/C25H45N3O7.2C16H34.2C2H6/c1-21(2)11-13-24(32)28-22(25(33)27-16-8-4-6-10-18-35-20-30)12-14-23(31)26-15-7-3-5-9-17-34-19-29;2*1-4-6-8-10-11-13-15-16(3)14-12-9-7-5-2;2*1-2/h19-22H,3-18H2,1-2H3,(H,26,31)(H,27,33)(H,28,32);2*16H,4-15H2,1-3H3;2*1-2H3. The highest BCUT2D eigenvalue weighted by Crippen LogP contribution is 2.19. The van der Waals surface area contributed by atoms with Crippen LogP contribution in [-0.2, 0) is 33.4 Å². The predicted molar refractivity (Wildman–Crippen MR) is 307 cm³/mol. The number of unbranched alkanes of at least 4 members (excludes halogenated alkanes) is 22. The molecule has 0 aromatic carbocycles. The molecule has 0 aliphatic heterocycles. The van der Waals surface area contributed by atoms with Gasteiger partial charge in [0.15, 0.2) is 0 Å². The fourth-order valence-corrected chi connectivity index (χ4v) is 7.98. The second-order valence-corrected chi connectivity index (χ2v) is 20.0. The van der Waals surface area contributed by atoms with Crippen molar-refractivity contribution in [3.05, 3.63) is 0 Å². The summed E-state index contributed by atoms with van der Waals surface area (Å²) in [7, 11) is 0. The molecule has 0 aromatic rings. The summed E-state index contributed by atoms with van der Waals surface area (Å²) in [5.41, 5.74) is 0. The molecule has 0 aliphatic rings. The van der Waals surface area contributed by atoms with E-state index in [9.17, 15) is 24.0 Å². The first-order chi connectivity index (χ1) is 34.5. The maximum atomic E-state index is 12.7. The Balaban J connectivity index is -0.000000334. The molecule has 71 heavy (non-hydrogen) atoms. The SMILES string of the molecule is CC.CC.CC(C)CCC(=O)NC(CCC(=O)NCCCCCCOC=O)C(=O)NCCCCCCOC=O.CCCCCCCCC(C)CCCCCC.CCCCCCCCC(C)CCCCCC. The monoisotopic (exact) mass is 1010 g/mol. The van der Waals surface area contributed by atoms with Crippen molar-refractivity contribution in [2.75, 3.05) is 26.3 Å². The van der Waals surface area contributed by atoms with Gasteiger partial charge in [-0.25, -0.2) is 0 Å². The first-order valence-corrected chi connectivity index (χ1v) is 30.5. The molecule has 0 saturated heterocycles. The molecule has 0 bridgehead atoms. The fourth-order valence-electron chi connectivity index (χ4n) is 7.98. The molecule has 0 heterocycles. The van der Waals surface area contributed by atoms with Gasteiger partial charge < -0.3 is 25.4 Å². The van der Waals surface area contributed by atoms with E-state index in [1.807, 2.05) is 41.5 Å². The van der Waals surface area contributed by atoms with Crippen LogP contribution >= 0.6 is 0 Å². The third kappa shape index (κ3) is 71.7. The second kappa shape index (κ2) is 69.4. The van der Waals surface area contributed by atoms with E-state index >= 15 is 0 Å². The smallest absolute Gasteiger partial charge is 0.293 e. The molecule has 0 fully saturated rings. The Morgan fingerprint density at radius 2 is 0.718 bits per heavy atom. The molecular weight excluding hydrogens is 887 g/mol. The summed E-state index contributed by atoms with van der Waals surface area (Å²) in [5, 5.41) is 8.49. The summed E-state index contributed by atoms with van der Waals surface area (Å²) in [6.07, 6.45) is 42.9. The van der Waals surface area contributed by atoms with Crippen molar-refractivity contribution in [2.24, 2.45) is 17.8 Å². The number of amides is 3. The molecule has 426 valence electrons. The molecule has 0 aromatic heterocycles. The lowest BCUT2D eigenvalue weighted by atomic mass is 9.96. The van der Waals surface area contributed by atoms with E-state index in [1.165, 1.54) is 154 Å². The summed E-state index contributed by atoms with van der Waals surface area (Å²) >= 11 is 0. The molecule has 0 radical (unpaired) electrons. The van der Waals surface area contributed by atoms with Gasteiger partial charge in [0, 0.05) is 25.9 Å². The molecule has 3 N–H and O–H groups in total. The predicted octanol–water partition coefficient (Wildman–Crippen LogP) is 17.1. The Bertz CT molecular complexity index is 1030. The van der Waals surface area contributed by atoms with Crippen LogP contribution in [0, 0.1) is 17.8 Å². The van der Waals surface area contributed by atoms with Crippen molar-refractivity contribution < 1.29 is 33.4 Å². The van der Waals surface area contributed by atoms with Crippen LogP contribution in [0.3, 0.4) is 0 Å². The molecule has 0 aliphatic carbocycles. The van der Waals surface area contributed by atoms with Crippen LogP contribution in [0.1, 0.15) is 314 Å². The van der Waals surface area contributed by atoms with Crippen molar-refractivity contribution in [1.82, 2.24) is 16.0 Å². The van der Waals surface area contributed by atoms with E-state index in [-0.39, 0.29) is 30.6 Å². The average molecular weight is 1010 g/mol. The van der Waals surface area contributed by atoms with Crippen molar-refractivity contribution in [3.63, 3.8) is 0 Å². The van der Waals surface area contributed by atoms with Crippen LogP contribution in [0.5, 0.6) is 0 Å². The van der Waals surface area contributed by atoms with Crippen molar-refractivity contribution >= 4 is 30.7 Å². The zero-order valence-corrected chi connectivity index (χ0v) is 49.6. The minimum absolute atomic E-state index is 0.145. The highest BCUT2D eigenvalue weighted by atomic mass is 16.5. The maximum absolute atomic E-state index is 12.7. The summed E-state index contributed by atoms with van der Waals surface area (Å²) in [6, 6.07) is -0.751. The molecule has 3 amide bonds. The Kier molecular flexibility index (Phi) is 75.5. The molecule has 0 saturated carbocycles. The van der Waals surface area contributed by atoms with E-state index in [1.54, 1.807) is 0 Å². The molecule has 10 heteroatoms. The van der Waals surface area contributed by atoms with Gasteiger partial charge in [-0.1, -0.05) is 250 Å². The number of carbonyl (C=O) groups excluding carboxylic acids is 5. The topological polar surface area (TPSA) is 140 Å². The van der Waals surface area contributed by atoms with Crippen LogP contribution in [0.2, 0.25) is 0 Å². The average Bonchev–Trinajstić information content (AvgIpc) is 3.37. The summed E-state index contributed by atoms with van der Waals surface area (Å²) in [5.74, 6) is 1.71. The highest BCUT2D eigenvalue weighted by Gasteiger charge is 2.21. The first kappa shape index (κ1) is 77.3. The van der Waals surface area contributed by atoms with Crippen LogP contribution in [0.15, 0.2) is 0 Å². The van der Waals surface area contributed by atoms with E-state index in [4.69, 9.17) is 0 Å². The van der Waals surface area contributed by atoms with Gasteiger partial charge in [0.05, 0.1) is 13.2 Å². The Labute approximate surface area is 442 Å². The largest absolute Gasteiger partial charge is 0.468 e. The van der Waals surface area contributed by atoms with Crippen molar-refractivity contribution in [1.29, 1.82) is 0 Å². The Morgan fingerprint density at radius 1 is 0.394 bits per heavy atom. The molecule has 10 nitrogen and oxygen atoms in total. The van der Waals surface area contributed by atoms with Gasteiger partial charge in [0.2, 0.25) is 17.7 Å². The zero-order chi connectivity index (χ0) is 54.3.